The molecule has 2 aromatic rings. The van der Waals surface area contributed by atoms with Gasteiger partial charge in [-0.25, -0.2) is 0 Å². The molecular weight excluding hydrogens is 340 g/mol. The van der Waals surface area contributed by atoms with Crippen molar-refractivity contribution in [2.45, 2.75) is 12.5 Å². The average molecular weight is 357 g/mol. The molecule has 25 heavy (non-hydrogen) atoms. The standard InChI is InChI=1S/C18H17ClN4O2/c1-25-17-8-12(18(24)22-13-5-7-23(10-13)11-20)2-3-15(17)14-4-6-21-9-16(14)19/h2-4,6,8-9,13H,5,7,10H2,1H3,(H,22,24). The summed E-state index contributed by atoms with van der Waals surface area (Å²) in [4.78, 5) is 18.1. The molecule has 1 N–H and O–H groups in total. The van der Waals surface area contributed by atoms with Crippen molar-refractivity contribution in [3.05, 3.63) is 47.2 Å². The number of carbonyl (C=O) groups is 1. The number of nitrogens with zero attached hydrogens (tertiary/aromatic N) is 3. The largest absolute Gasteiger partial charge is 0.496 e. The van der Waals surface area contributed by atoms with Gasteiger partial charge < -0.3 is 15.0 Å². The summed E-state index contributed by atoms with van der Waals surface area (Å²) >= 11 is 6.20. The first-order chi connectivity index (χ1) is 12.1. The van der Waals surface area contributed by atoms with Crippen LogP contribution in [0.25, 0.3) is 11.1 Å². The second-order valence-electron chi connectivity index (χ2n) is 5.78. The molecule has 1 atom stereocenters. The fourth-order valence-corrected chi connectivity index (χ4v) is 3.11. The van der Waals surface area contributed by atoms with Crippen LogP contribution in [0.3, 0.4) is 0 Å². The summed E-state index contributed by atoms with van der Waals surface area (Å²) in [7, 11) is 1.55. The Morgan fingerprint density at radius 1 is 1.44 bits per heavy atom. The molecule has 0 saturated carbocycles. The van der Waals surface area contributed by atoms with E-state index >= 15 is 0 Å². The van der Waals surface area contributed by atoms with Crippen LogP contribution in [0.5, 0.6) is 5.75 Å². The van der Waals surface area contributed by atoms with Crippen LogP contribution < -0.4 is 10.1 Å². The summed E-state index contributed by atoms with van der Waals surface area (Å²) in [6.07, 6.45) is 6.09. The SMILES string of the molecule is COc1cc(C(=O)NC2CCN(C#N)C2)ccc1-c1ccncc1Cl. The van der Waals surface area contributed by atoms with Crippen LogP contribution in [0.15, 0.2) is 36.7 Å². The number of methoxy groups -OCH3 is 1. The minimum atomic E-state index is -0.185. The number of hydrogen-bond acceptors (Lipinski definition) is 5. The summed E-state index contributed by atoms with van der Waals surface area (Å²) < 4.78 is 5.44. The van der Waals surface area contributed by atoms with Crippen molar-refractivity contribution < 1.29 is 9.53 Å². The molecular formula is C18H17ClN4O2. The molecule has 1 aromatic heterocycles. The second-order valence-corrected chi connectivity index (χ2v) is 6.18. The zero-order valence-corrected chi connectivity index (χ0v) is 14.5. The number of benzene rings is 1. The Kier molecular flexibility index (Phi) is 5.05. The highest BCUT2D eigenvalue weighted by Crippen LogP contribution is 2.34. The number of nitrogens with one attached hydrogen (secondary N) is 1. The number of pyridine rings is 1. The van der Waals surface area contributed by atoms with E-state index in [0.717, 1.165) is 17.5 Å². The van der Waals surface area contributed by atoms with Crippen molar-refractivity contribution in [3.8, 4) is 23.1 Å². The van der Waals surface area contributed by atoms with Gasteiger partial charge in [-0.1, -0.05) is 11.6 Å². The first kappa shape index (κ1) is 17.1. The average Bonchev–Trinajstić information content (AvgIpc) is 3.09. The lowest BCUT2D eigenvalue weighted by molar-refractivity contribution is 0.0938. The predicted octanol–water partition coefficient (Wildman–Crippen LogP) is 2.70. The third kappa shape index (κ3) is 3.67. The van der Waals surface area contributed by atoms with E-state index in [2.05, 4.69) is 16.5 Å². The van der Waals surface area contributed by atoms with Crippen molar-refractivity contribution in [2.75, 3.05) is 20.2 Å². The van der Waals surface area contributed by atoms with E-state index < -0.39 is 0 Å². The quantitative estimate of drug-likeness (QED) is 0.852. The van der Waals surface area contributed by atoms with Crippen molar-refractivity contribution in [1.29, 1.82) is 5.26 Å². The van der Waals surface area contributed by atoms with Crippen molar-refractivity contribution in [3.63, 3.8) is 0 Å². The van der Waals surface area contributed by atoms with Gasteiger partial charge in [-0.3, -0.25) is 9.78 Å². The van der Waals surface area contributed by atoms with Crippen LogP contribution in [-0.4, -0.2) is 42.0 Å². The number of likely N-dealkylation sites (tertiary alicyclic amines) is 1. The summed E-state index contributed by atoms with van der Waals surface area (Å²) in [6.45, 7) is 1.22. The summed E-state index contributed by atoms with van der Waals surface area (Å²) in [5.41, 5.74) is 2.09. The fraction of sp³-hybridized carbons (Fsp3) is 0.278. The maximum absolute atomic E-state index is 12.5. The molecule has 1 unspecified atom stereocenters. The van der Waals surface area contributed by atoms with Crippen molar-refractivity contribution >= 4 is 17.5 Å². The van der Waals surface area contributed by atoms with E-state index in [-0.39, 0.29) is 11.9 Å². The predicted molar refractivity (Wildman–Crippen MR) is 94.3 cm³/mol. The number of amides is 1. The highest BCUT2D eigenvalue weighted by atomic mass is 35.5. The van der Waals surface area contributed by atoms with Gasteiger partial charge in [0.2, 0.25) is 0 Å². The van der Waals surface area contributed by atoms with Crippen molar-refractivity contribution in [2.24, 2.45) is 0 Å². The summed E-state index contributed by atoms with van der Waals surface area (Å²) in [5, 5.41) is 12.4. The van der Waals surface area contributed by atoms with Crippen molar-refractivity contribution in [1.82, 2.24) is 15.2 Å². The molecule has 1 aromatic carbocycles. The third-order valence-corrected chi connectivity index (χ3v) is 4.49. The Labute approximate surface area is 151 Å². The molecule has 0 bridgehead atoms. The minimum absolute atomic E-state index is 0.0209. The molecule has 0 radical (unpaired) electrons. The lowest BCUT2D eigenvalue weighted by Gasteiger charge is -2.14. The molecule has 128 valence electrons. The summed E-state index contributed by atoms with van der Waals surface area (Å²) in [5.74, 6) is 0.376. The van der Waals surface area contributed by atoms with Gasteiger partial charge in [0.25, 0.3) is 5.91 Å². The Hall–Kier alpha value is -2.78. The number of nitriles is 1. The minimum Gasteiger partial charge on any atom is -0.496 e. The first-order valence-electron chi connectivity index (χ1n) is 7.86. The van der Waals surface area contributed by atoms with Gasteiger partial charge in [0.05, 0.1) is 12.1 Å². The molecule has 0 spiro atoms. The van der Waals surface area contributed by atoms with Crippen LogP contribution in [0.1, 0.15) is 16.8 Å². The zero-order chi connectivity index (χ0) is 17.8. The molecule has 1 fully saturated rings. The maximum atomic E-state index is 12.5. The Morgan fingerprint density at radius 3 is 2.96 bits per heavy atom. The van der Waals surface area contributed by atoms with Crippen LogP contribution in [0, 0.1) is 11.5 Å². The van der Waals surface area contributed by atoms with E-state index in [4.69, 9.17) is 21.6 Å². The monoisotopic (exact) mass is 356 g/mol. The topological polar surface area (TPSA) is 78.2 Å². The van der Waals surface area contributed by atoms with Gasteiger partial charge in [0.1, 0.15) is 5.75 Å². The van der Waals surface area contributed by atoms with E-state index in [1.165, 1.54) is 0 Å². The van der Waals surface area contributed by atoms with Gasteiger partial charge in [0.15, 0.2) is 6.19 Å². The molecule has 1 amide bonds. The maximum Gasteiger partial charge on any atom is 0.251 e. The van der Waals surface area contributed by atoms with Crippen LogP contribution >= 0.6 is 11.6 Å². The number of rotatable bonds is 4. The number of aromatic nitrogens is 1. The lowest BCUT2D eigenvalue weighted by Crippen LogP contribution is -2.36. The first-order valence-corrected chi connectivity index (χ1v) is 8.23. The summed E-state index contributed by atoms with van der Waals surface area (Å²) in [6, 6.07) is 7.02. The van der Waals surface area contributed by atoms with E-state index in [1.54, 1.807) is 42.6 Å². The molecule has 1 saturated heterocycles. The molecule has 2 heterocycles. The van der Waals surface area contributed by atoms with Gasteiger partial charge in [0, 0.05) is 48.2 Å². The molecule has 0 aliphatic carbocycles. The fourth-order valence-electron chi connectivity index (χ4n) is 2.89. The highest BCUT2D eigenvalue weighted by molar-refractivity contribution is 6.33. The van der Waals surface area contributed by atoms with E-state index in [1.807, 2.05) is 6.07 Å². The van der Waals surface area contributed by atoms with Crippen LogP contribution in [0.4, 0.5) is 0 Å². The van der Waals surface area contributed by atoms with Crippen LogP contribution in [0.2, 0.25) is 5.02 Å². The normalized spacial score (nSPS) is 16.4. The molecule has 3 rings (SSSR count). The number of halogens is 1. The Balaban J connectivity index is 1.81. The highest BCUT2D eigenvalue weighted by Gasteiger charge is 2.23. The van der Waals surface area contributed by atoms with Gasteiger partial charge in [-0.05, 0) is 30.7 Å². The second kappa shape index (κ2) is 7.41. The smallest absolute Gasteiger partial charge is 0.251 e. The van der Waals surface area contributed by atoms with Gasteiger partial charge in [-0.2, -0.15) is 5.26 Å². The zero-order valence-electron chi connectivity index (χ0n) is 13.7. The Morgan fingerprint density at radius 2 is 2.28 bits per heavy atom. The van der Waals surface area contributed by atoms with E-state index in [9.17, 15) is 4.79 Å². The van der Waals surface area contributed by atoms with E-state index in [0.29, 0.717) is 29.4 Å². The number of hydrogen-bond donors (Lipinski definition) is 1. The molecule has 6 nitrogen and oxygen atoms in total. The number of ether oxygens (including phenoxy) is 1. The Bertz CT molecular complexity index is 834. The molecule has 1 aliphatic heterocycles. The lowest BCUT2D eigenvalue weighted by atomic mass is 10.0. The molecule has 7 heteroatoms. The van der Waals surface area contributed by atoms with Gasteiger partial charge in [-0.15, -0.1) is 0 Å². The van der Waals surface area contributed by atoms with Crippen LogP contribution in [-0.2, 0) is 0 Å². The molecule has 1 aliphatic rings. The van der Waals surface area contributed by atoms with Gasteiger partial charge >= 0.3 is 0 Å². The third-order valence-electron chi connectivity index (χ3n) is 4.19. The number of carbonyl (C=O) groups excluding carboxylic acids is 1.